The zero-order valence-corrected chi connectivity index (χ0v) is 15.4. The molecular weight excluding hydrogens is 338 g/mol. The number of carbonyl (C=O) groups is 2. The SMILES string of the molecule is O=C(Cc1ccc(CC2CCNC2)cc1)Nc1ccc2c(c1)C(=O)NCC2. The van der Waals surface area contributed by atoms with Crippen LogP contribution < -0.4 is 16.0 Å². The zero-order chi connectivity index (χ0) is 18.6. The minimum atomic E-state index is -0.0705. The summed E-state index contributed by atoms with van der Waals surface area (Å²) in [6.45, 7) is 2.89. The van der Waals surface area contributed by atoms with Crippen LogP contribution in [0, 0.1) is 5.92 Å². The zero-order valence-electron chi connectivity index (χ0n) is 15.4. The third-order valence-electron chi connectivity index (χ3n) is 5.39. The Morgan fingerprint density at radius 1 is 1.07 bits per heavy atom. The number of hydrogen-bond acceptors (Lipinski definition) is 3. The predicted octanol–water partition coefficient (Wildman–Crippen LogP) is 2.31. The van der Waals surface area contributed by atoms with E-state index in [1.807, 2.05) is 24.3 Å². The van der Waals surface area contributed by atoms with E-state index < -0.39 is 0 Å². The highest BCUT2D eigenvalue weighted by molar-refractivity contribution is 5.99. The Morgan fingerprint density at radius 3 is 2.67 bits per heavy atom. The van der Waals surface area contributed by atoms with Gasteiger partial charge in [-0.1, -0.05) is 30.3 Å². The second-order valence-electron chi connectivity index (χ2n) is 7.48. The maximum absolute atomic E-state index is 12.4. The molecule has 5 heteroatoms. The van der Waals surface area contributed by atoms with E-state index >= 15 is 0 Å². The van der Waals surface area contributed by atoms with E-state index in [-0.39, 0.29) is 11.8 Å². The molecule has 140 valence electrons. The Hall–Kier alpha value is -2.66. The largest absolute Gasteiger partial charge is 0.352 e. The third kappa shape index (κ3) is 4.37. The predicted molar refractivity (Wildman–Crippen MR) is 106 cm³/mol. The number of amides is 2. The Balaban J connectivity index is 1.35. The van der Waals surface area contributed by atoms with Gasteiger partial charge in [-0.3, -0.25) is 9.59 Å². The fourth-order valence-corrected chi connectivity index (χ4v) is 3.90. The lowest BCUT2D eigenvalue weighted by atomic mass is 9.97. The van der Waals surface area contributed by atoms with Crippen molar-refractivity contribution in [2.45, 2.75) is 25.7 Å². The molecule has 2 aromatic rings. The molecule has 0 saturated carbocycles. The first kappa shape index (κ1) is 17.7. The lowest BCUT2D eigenvalue weighted by Gasteiger charge is -2.17. The summed E-state index contributed by atoms with van der Waals surface area (Å²) < 4.78 is 0. The maximum atomic E-state index is 12.4. The second-order valence-corrected chi connectivity index (χ2v) is 7.48. The molecule has 0 spiro atoms. The van der Waals surface area contributed by atoms with Crippen molar-refractivity contribution in [3.05, 3.63) is 64.7 Å². The molecule has 2 aliphatic rings. The van der Waals surface area contributed by atoms with Crippen LogP contribution in [0.25, 0.3) is 0 Å². The highest BCUT2D eigenvalue weighted by atomic mass is 16.2. The average Bonchev–Trinajstić information content (AvgIpc) is 3.17. The van der Waals surface area contributed by atoms with Gasteiger partial charge in [-0.15, -0.1) is 0 Å². The summed E-state index contributed by atoms with van der Waals surface area (Å²) in [4.78, 5) is 24.3. The van der Waals surface area contributed by atoms with Gasteiger partial charge in [-0.05, 0) is 67.1 Å². The first-order valence-corrected chi connectivity index (χ1v) is 9.67. The molecule has 0 aliphatic carbocycles. The summed E-state index contributed by atoms with van der Waals surface area (Å²) >= 11 is 0. The second kappa shape index (κ2) is 7.92. The molecule has 2 aromatic carbocycles. The molecule has 1 fully saturated rings. The van der Waals surface area contributed by atoms with Crippen molar-refractivity contribution in [3.8, 4) is 0 Å². The Morgan fingerprint density at radius 2 is 1.89 bits per heavy atom. The van der Waals surface area contributed by atoms with Crippen molar-refractivity contribution in [1.82, 2.24) is 10.6 Å². The normalized spacial score (nSPS) is 18.7. The summed E-state index contributed by atoms with van der Waals surface area (Å²) in [5, 5.41) is 9.14. The molecule has 2 aliphatic heterocycles. The fourth-order valence-electron chi connectivity index (χ4n) is 3.90. The molecule has 27 heavy (non-hydrogen) atoms. The van der Waals surface area contributed by atoms with Crippen LogP contribution in [0.4, 0.5) is 5.69 Å². The van der Waals surface area contributed by atoms with Gasteiger partial charge in [-0.25, -0.2) is 0 Å². The molecule has 1 saturated heterocycles. The van der Waals surface area contributed by atoms with Crippen molar-refractivity contribution >= 4 is 17.5 Å². The summed E-state index contributed by atoms with van der Waals surface area (Å²) in [7, 11) is 0. The van der Waals surface area contributed by atoms with Crippen LogP contribution in [0.2, 0.25) is 0 Å². The standard InChI is InChI=1S/C22H25N3O2/c26-21(25-19-6-5-18-8-10-24-22(27)20(18)13-19)12-16-3-1-15(2-4-16)11-17-7-9-23-14-17/h1-6,13,17,23H,7-12,14H2,(H,24,27)(H,25,26). The van der Waals surface area contributed by atoms with E-state index in [1.165, 1.54) is 12.0 Å². The van der Waals surface area contributed by atoms with Gasteiger partial charge in [0.2, 0.25) is 5.91 Å². The van der Waals surface area contributed by atoms with Crippen LogP contribution in [0.5, 0.6) is 0 Å². The van der Waals surface area contributed by atoms with E-state index in [2.05, 4.69) is 28.1 Å². The van der Waals surface area contributed by atoms with E-state index in [0.29, 0.717) is 24.2 Å². The molecule has 3 N–H and O–H groups in total. The molecule has 0 aromatic heterocycles. The topological polar surface area (TPSA) is 70.2 Å². The van der Waals surface area contributed by atoms with E-state index in [0.717, 1.165) is 43.0 Å². The third-order valence-corrected chi connectivity index (χ3v) is 5.39. The van der Waals surface area contributed by atoms with Gasteiger partial charge in [0.25, 0.3) is 5.91 Å². The van der Waals surface area contributed by atoms with Crippen LogP contribution >= 0.6 is 0 Å². The molecule has 0 radical (unpaired) electrons. The van der Waals surface area contributed by atoms with Crippen LogP contribution in [0.3, 0.4) is 0 Å². The number of benzene rings is 2. The highest BCUT2D eigenvalue weighted by Crippen LogP contribution is 2.20. The van der Waals surface area contributed by atoms with Crippen molar-refractivity contribution in [3.63, 3.8) is 0 Å². The van der Waals surface area contributed by atoms with Gasteiger partial charge in [0, 0.05) is 17.8 Å². The lowest BCUT2D eigenvalue weighted by molar-refractivity contribution is -0.115. The smallest absolute Gasteiger partial charge is 0.251 e. The first-order valence-electron chi connectivity index (χ1n) is 9.67. The van der Waals surface area contributed by atoms with Crippen LogP contribution in [0.15, 0.2) is 42.5 Å². The maximum Gasteiger partial charge on any atom is 0.251 e. The Bertz CT molecular complexity index is 839. The quantitative estimate of drug-likeness (QED) is 0.763. The van der Waals surface area contributed by atoms with Gasteiger partial charge in [-0.2, -0.15) is 0 Å². The molecule has 2 amide bonds. The number of hydrogen-bond donors (Lipinski definition) is 3. The number of rotatable bonds is 5. The molecule has 2 heterocycles. The van der Waals surface area contributed by atoms with Crippen molar-refractivity contribution < 1.29 is 9.59 Å². The minimum absolute atomic E-state index is 0.0691. The minimum Gasteiger partial charge on any atom is -0.352 e. The Kier molecular flexibility index (Phi) is 5.21. The van der Waals surface area contributed by atoms with E-state index in [4.69, 9.17) is 0 Å². The number of carbonyl (C=O) groups excluding carboxylic acids is 2. The number of anilines is 1. The number of nitrogens with one attached hydrogen (secondary N) is 3. The summed E-state index contributed by atoms with van der Waals surface area (Å²) in [6.07, 6.45) is 3.49. The highest BCUT2D eigenvalue weighted by Gasteiger charge is 2.17. The fraction of sp³-hybridized carbons (Fsp3) is 0.364. The van der Waals surface area contributed by atoms with Gasteiger partial charge < -0.3 is 16.0 Å². The van der Waals surface area contributed by atoms with Crippen molar-refractivity contribution in [1.29, 1.82) is 0 Å². The van der Waals surface area contributed by atoms with Crippen molar-refractivity contribution in [2.24, 2.45) is 5.92 Å². The molecule has 1 atom stereocenters. The molecule has 0 bridgehead atoms. The first-order chi connectivity index (χ1) is 13.2. The van der Waals surface area contributed by atoms with Crippen LogP contribution in [-0.4, -0.2) is 31.4 Å². The summed E-state index contributed by atoms with van der Waals surface area (Å²) in [5.41, 5.74) is 4.68. The van der Waals surface area contributed by atoms with E-state index in [1.54, 1.807) is 6.07 Å². The summed E-state index contributed by atoms with van der Waals surface area (Å²) in [6, 6.07) is 13.9. The van der Waals surface area contributed by atoms with Crippen molar-refractivity contribution in [2.75, 3.05) is 25.0 Å². The molecular formula is C22H25N3O2. The summed E-state index contributed by atoms with van der Waals surface area (Å²) in [5.74, 6) is 0.583. The number of fused-ring (bicyclic) bond motifs is 1. The molecule has 4 rings (SSSR count). The van der Waals surface area contributed by atoms with Gasteiger partial charge in [0.05, 0.1) is 6.42 Å². The van der Waals surface area contributed by atoms with Gasteiger partial charge in [0.15, 0.2) is 0 Å². The van der Waals surface area contributed by atoms with E-state index in [9.17, 15) is 9.59 Å². The van der Waals surface area contributed by atoms with Gasteiger partial charge in [0.1, 0.15) is 0 Å². The monoisotopic (exact) mass is 363 g/mol. The van der Waals surface area contributed by atoms with Crippen LogP contribution in [0.1, 0.15) is 33.5 Å². The van der Waals surface area contributed by atoms with Crippen LogP contribution in [-0.2, 0) is 24.1 Å². The molecule has 1 unspecified atom stereocenters. The average molecular weight is 363 g/mol. The Labute approximate surface area is 159 Å². The molecule has 5 nitrogen and oxygen atoms in total. The lowest BCUT2D eigenvalue weighted by Crippen LogP contribution is -2.31. The van der Waals surface area contributed by atoms with Gasteiger partial charge >= 0.3 is 0 Å².